The first-order chi connectivity index (χ1) is 14.2. The molecule has 0 atom stereocenters. The second-order valence-corrected chi connectivity index (χ2v) is 6.93. The van der Waals surface area contributed by atoms with E-state index >= 15 is 0 Å². The van der Waals surface area contributed by atoms with E-state index in [1.54, 1.807) is 23.1 Å². The van der Waals surface area contributed by atoms with Gasteiger partial charge in [-0.1, -0.05) is 0 Å². The fourth-order valence-electron chi connectivity index (χ4n) is 3.57. The van der Waals surface area contributed by atoms with Gasteiger partial charge in [0.25, 0.3) is 5.91 Å². The standard InChI is InChI=1S/C21H26N4O4/c1-3-28-18-6-5-15(11-19(18)29-4-2)20(26)25-13-16-12-22-21(23-17(16)14-25)24-7-9-27-10-8-24/h5-6,11-12H,3-4,7-10,13-14H2,1-2H3. The normalized spacial score (nSPS) is 15.9. The van der Waals surface area contributed by atoms with Crippen molar-refractivity contribution in [2.24, 2.45) is 0 Å². The summed E-state index contributed by atoms with van der Waals surface area (Å²) >= 11 is 0. The molecule has 2 aliphatic rings. The van der Waals surface area contributed by atoms with E-state index in [0.717, 1.165) is 24.3 Å². The van der Waals surface area contributed by atoms with Crippen molar-refractivity contribution in [1.82, 2.24) is 14.9 Å². The van der Waals surface area contributed by atoms with Crippen molar-refractivity contribution < 1.29 is 19.0 Å². The monoisotopic (exact) mass is 398 g/mol. The summed E-state index contributed by atoms with van der Waals surface area (Å²) in [5.41, 5.74) is 2.48. The SMILES string of the molecule is CCOc1ccc(C(=O)N2Cc3cnc(N4CCOCC4)nc3C2)cc1OCC. The van der Waals surface area contributed by atoms with Crippen molar-refractivity contribution in [1.29, 1.82) is 0 Å². The van der Waals surface area contributed by atoms with E-state index in [2.05, 4.69) is 9.88 Å². The van der Waals surface area contributed by atoms with Crippen molar-refractivity contribution in [2.75, 3.05) is 44.4 Å². The summed E-state index contributed by atoms with van der Waals surface area (Å²) in [6, 6.07) is 5.33. The minimum absolute atomic E-state index is 0.0556. The molecular weight excluding hydrogens is 372 g/mol. The van der Waals surface area contributed by atoms with Crippen LogP contribution in [-0.2, 0) is 17.8 Å². The molecule has 0 aliphatic carbocycles. The molecule has 0 radical (unpaired) electrons. The summed E-state index contributed by atoms with van der Waals surface area (Å²) in [6.07, 6.45) is 1.84. The van der Waals surface area contributed by atoms with Gasteiger partial charge in [-0.15, -0.1) is 0 Å². The summed E-state index contributed by atoms with van der Waals surface area (Å²) in [7, 11) is 0. The molecule has 0 unspecified atom stereocenters. The molecule has 2 aromatic rings. The zero-order valence-corrected chi connectivity index (χ0v) is 16.9. The van der Waals surface area contributed by atoms with Gasteiger partial charge in [-0.25, -0.2) is 9.97 Å². The first-order valence-corrected chi connectivity index (χ1v) is 10.1. The Morgan fingerprint density at radius 1 is 1.10 bits per heavy atom. The number of carbonyl (C=O) groups excluding carboxylic acids is 1. The molecule has 29 heavy (non-hydrogen) atoms. The minimum atomic E-state index is -0.0556. The van der Waals surface area contributed by atoms with E-state index in [-0.39, 0.29) is 5.91 Å². The van der Waals surface area contributed by atoms with Crippen LogP contribution in [0.5, 0.6) is 11.5 Å². The lowest BCUT2D eigenvalue weighted by atomic mass is 10.1. The van der Waals surface area contributed by atoms with Gasteiger partial charge >= 0.3 is 0 Å². The van der Waals surface area contributed by atoms with E-state index < -0.39 is 0 Å². The Morgan fingerprint density at radius 3 is 2.62 bits per heavy atom. The zero-order chi connectivity index (χ0) is 20.2. The number of anilines is 1. The topological polar surface area (TPSA) is 77.0 Å². The number of aromatic nitrogens is 2. The van der Waals surface area contributed by atoms with Crippen LogP contribution in [0.4, 0.5) is 5.95 Å². The van der Waals surface area contributed by atoms with Crippen molar-refractivity contribution >= 4 is 11.9 Å². The molecule has 0 spiro atoms. The van der Waals surface area contributed by atoms with Crippen LogP contribution in [0.2, 0.25) is 0 Å². The van der Waals surface area contributed by atoms with Crippen molar-refractivity contribution in [3.05, 3.63) is 41.2 Å². The van der Waals surface area contributed by atoms with Gasteiger partial charge in [-0.05, 0) is 32.0 Å². The molecule has 0 bridgehead atoms. The number of hydrogen-bond donors (Lipinski definition) is 0. The number of ether oxygens (including phenoxy) is 3. The van der Waals surface area contributed by atoms with Crippen LogP contribution in [0.3, 0.4) is 0 Å². The van der Waals surface area contributed by atoms with Crippen LogP contribution in [-0.4, -0.2) is 60.3 Å². The van der Waals surface area contributed by atoms with Gasteiger partial charge in [0.15, 0.2) is 11.5 Å². The lowest BCUT2D eigenvalue weighted by Gasteiger charge is -2.26. The van der Waals surface area contributed by atoms with Gasteiger partial charge in [-0.2, -0.15) is 0 Å². The molecule has 1 saturated heterocycles. The van der Waals surface area contributed by atoms with E-state index in [1.807, 2.05) is 20.0 Å². The van der Waals surface area contributed by atoms with Crippen LogP contribution in [0.25, 0.3) is 0 Å². The number of benzene rings is 1. The molecule has 8 heteroatoms. The molecule has 3 heterocycles. The zero-order valence-electron chi connectivity index (χ0n) is 16.9. The third-order valence-corrected chi connectivity index (χ3v) is 5.01. The Balaban J connectivity index is 1.50. The van der Waals surface area contributed by atoms with Gasteiger partial charge in [0, 0.05) is 37.0 Å². The van der Waals surface area contributed by atoms with E-state index in [1.165, 1.54) is 0 Å². The smallest absolute Gasteiger partial charge is 0.254 e. The van der Waals surface area contributed by atoms with E-state index in [9.17, 15) is 4.79 Å². The number of nitrogens with zero attached hydrogens (tertiary/aromatic N) is 4. The largest absolute Gasteiger partial charge is 0.490 e. The van der Waals surface area contributed by atoms with Crippen LogP contribution >= 0.6 is 0 Å². The van der Waals surface area contributed by atoms with Gasteiger partial charge in [-0.3, -0.25) is 4.79 Å². The molecule has 154 valence electrons. The number of morpholine rings is 1. The summed E-state index contributed by atoms with van der Waals surface area (Å²) in [5.74, 6) is 1.89. The molecule has 2 aliphatic heterocycles. The molecule has 8 nitrogen and oxygen atoms in total. The summed E-state index contributed by atoms with van der Waals surface area (Å²) in [5, 5.41) is 0. The summed E-state index contributed by atoms with van der Waals surface area (Å²) < 4.78 is 16.6. The lowest BCUT2D eigenvalue weighted by molar-refractivity contribution is 0.0750. The fraction of sp³-hybridized carbons (Fsp3) is 0.476. The molecule has 0 saturated carbocycles. The molecular formula is C21H26N4O4. The number of hydrogen-bond acceptors (Lipinski definition) is 7. The number of rotatable bonds is 6. The number of carbonyl (C=O) groups is 1. The Bertz CT molecular complexity index is 883. The van der Waals surface area contributed by atoms with Crippen molar-refractivity contribution in [2.45, 2.75) is 26.9 Å². The van der Waals surface area contributed by atoms with Crippen LogP contribution < -0.4 is 14.4 Å². The van der Waals surface area contributed by atoms with E-state index in [4.69, 9.17) is 19.2 Å². The average molecular weight is 398 g/mol. The fourth-order valence-corrected chi connectivity index (χ4v) is 3.57. The Morgan fingerprint density at radius 2 is 1.86 bits per heavy atom. The van der Waals surface area contributed by atoms with Crippen LogP contribution in [0.1, 0.15) is 35.5 Å². The molecule has 4 rings (SSSR count). The third-order valence-electron chi connectivity index (χ3n) is 5.01. The van der Waals surface area contributed by atoms with Crippen molar-refractivity contribution in [3.63, 3.8) is 0 Å². The predicted octanol–water partition coefficient (Wildman–Crippen LogP) is 2.27. The predicted molar refractivity (Wildman–Crippen MR) is 107 cm³/mol. The Kier molecular flexibility index (Phi) is 5.80. The Labute approximate surface area is 170 Å². The highest BCUT2D eigenvalue weighted by Gasteiger charge is 2.27. The second-order valence-electron chi connectivity index (χ2n) is 6.93. The maximum atomic E-state index is 13.1. The van der Waals surface area contributed by atoms with Crippen LogP contribution in [0.15, 0.2) is 24.4 Å². The first-order valence-electron chi connectivity index (χ1n) is 10.1. The summed E-state index contributed by atoms with van der Waals surface area (Å²) in [6.45, 7) is 8.80. The highest BCUT2D eigenvalue weighted by molar-refractivity contribution is 5.95. The second kappa shape index (κ2) is 8.65. The number of amides is 1. The highest BCUT2D eigenvalue weighted by atomic mass is 16.5. The molecule has 1 amide bonds. The van der Waals surface area contributed by atoms with Gasteiger partial charge in [0.05, 0.1) is 38.7 Å². The minimum Gasteiger partial charge on any atom is -0.490 e. The highest BCUT2D eigenvalue weighted by Crippen LogP contribution is 2.30. The van der Waals surface area contributed by atoms with E-state index in [0.29, 0.717) is 62.5 Å². The maximum Gasteiger partial charge on any atom is 0.254 e. The number of fused-ring (bicyclic) bond motifs is 1. The maximum absolute atomic E-state index is 13.1. The first kappa shape index (κ1) is 19.4. The molecule has 0 N–H and O–H groups in total. The van der Waals surface area contributed by atoms with Gasteiger partial charge in [0.1, 0.15) is 0 Å². The van der Waals surface area contributed by atoms with Gasteiger partial charge in [0.2, 0.25) is 5.95 Å². The molecule has 1 fully saturated rings. The average Bonchev–Trinajstić information content (AvgIpc) is 3.19. The van der Waals surface area contributed by atoms with Crippen molar-refractivity contribution in [3.8, 4) is 11.5 Å². The van der Waals surface area contributed by atoms with Gasteiger partial charge < -0.3 is 24.0 Å². The lowest BCUT2D eigenvalue weighted by Crippen LogP contribution is -2.37. The third kappa shape index (κ3) is 4.12. The summed E-state index contributed by atoms with van der Waals surface area (Å²) in [4.78, 5) is 26.2. The van der Waals surface area contributed by atoms with Crippen LogP contribution in [0, 0.1) is 0 Å². The Hall–Kier alpha value is -2.87. The molecule has 1 aromatic carbocycles. The molecule has 1 aromatic heterocycles. The quantitative estimate of drug-likeness (QED) is 0.739.